The Balaban J connectivity index is 2.57. The first-order valence-electron chi connectivity index (χ1n) is 5.73. The summed E-state index contributed by atoms with van der Waals surface area (Å²) in [6.45, 7) is 4.71. The van der Waals surface area contributed by atoms with E-state index in [-0.39, 0.29) is 5.82 Å². The Kier molecular flexibility index (Phi) is 5.92. The molecule has 0 aliphatic heterocycles. The number of alkyl halides is 1. The quantitative estimate of drug-likeness (QED) is 0.812. The van der Waals surface area contributed by atoms with E-state index in [1.54, 1.807) is 18.2 Å². The van der Waals surface area contributed by atoms with Gasteiger partial charge in [0.05, 0.1) is 7.11 Å². The molecule has 0 amide bonds. The average molecular weight is 304 g/mol. The van der Waals surface area contributed by atoms with Crippen LogP contribution in [0.1, 0.15) is 25.8 Å². The van der Waals surface area contributed by atoms with Gasteiger partial charge >= 0.3 is 0 Å². The molecule has 0 bridgehead atoms. The molecule has 0 aliphatic carbocycles. The van der Waals surface area contributed by atoms with E-state index in [1.807, 2.05) is 0 Å². The number of halogens is 2. The van der Waals surface area contributed by atoms with Crippen molar-refractivity contribution < 1.29 is 9.13 Å². The van der Waals surface area contributed by atoms with E-state index in [4.69, 9.17) is 4.74 Å². The van der Waals surface area contributed by atoms with Gasteiger partial charge < -0.3 is 10.1 Å². The summed E-state index contributed by atoms with van der Waals surface area (Å²) in [6.07, 6.45) is 1.01. The van der Waals surface area contributed by atoms with Gasteiger partial charge in [0.2, 0.25) is 0 Å². The third kappa shape index (κ3) is 4.64. The topological polar surface area (TPSA) is 21.3 Å². The SMILES string of the molecule is COc1cccc(CNC(C)CC(C)Br)c1F. The molecule has 0 fully saturated rings. The molecule has 2 unspecified atom stereocenters. The summed E-state index contributed by atoms with van der Waals surface area (Å²) in [5.74, 6) is 0.0207. The summed E-state index contributed by atoms with van der Waals surface area (Å²) in [5.41, 5.74) is 0.637. The molecule has 0 radical (unpaired) electrons. The highest BCUT2D eigenvalue weighted by atomic mass is 79.9. The molecular formula is C13H19BrFNO. The van der Waals surface area contributed by atoms with Crippen molar-refractivity contribution in [2.45, 2.75) is 37.7 Å². The smallest absolute Gasteiger partial charge is 0.169 e. The molecule has 0 aromatic heterocycles. The highest BCUT2D eigenvalue weighted by molar-refractivity contribution is 9.09. The monoisotopic (exact) mass is 303 g/mol. The number of rotatable bonds is 6. The van der Waals surface area contributed by atoms with Crippen LogP contribution in [0.4, 0.5) is 4.39 Å². The van der Waals surface area contributed by atoms with E-state index >= 15 is 0 Å². The average Bonchev–Trinajstić information content (AvgIpc) is 2.27. The van der Waals surface area contributed by atoms with Crippen molar-refractivity contribution in [2.24, 2.45) is 0 Å². The van der Waals surface area contributed by atoms with Crippen molar-refractivity contribution in [1.82, 2.24) is 5.32 Å². The summed E-state index contributed by atoms with van der Waals surface area (Å²) >= 11 is 3.50. The van der Waals surface area contributed by atoms with Gasteiger partial charge in [-0.25, -0.2) is 4.39 Å². The van der Waals surface area contributed by atoms with Gasteiger partial charge in [0.25, 0.3) is 0 Å². The maximum Gasteiger partial charge on any atom is 0.169 e. The number of ether oxygens (including phenoxy) is 1. The first kappa shape index (κ1) is 14.5. The molecule has 0 aliphatic rings. The number of nitrogens with one attached hydrogen (secondary N) is 1. The predicted octanol–water partition coefficient (Wildman–Crippen LogP) is 3.49. The molecule has 2 nitrogen and oxygen atoms in total. The zero-order valence-electron chi connectivity index (χ0n) is 10.5. The highest BCUT2D eigenvalue weighted by Gasteiger charge is 2.10. The molecule has 1 aromatic carbocycles. The van der Waals surface area contributed by atoms with Gasteiger partial charge in [-0.05, 0) is 19.4 Å². The molecule has 17 heavy (non-hydrogen) atoms. The number of benzene rings is 1. The Bertz CT molecular complexity index is 357. The van der Waals surface area contributed by atoms with Crippen LogP contribution in [0, 0.1) is 5.82 Å². The molecule has 1 N–H and O–H groups in total. The van der Waals surface area contributed by atoms with Crippen molar-refractivity contribution in [3.63, 3.8) is 0 Å². The van der Waals surface area contributed by atoms with E-state index in [0.717, 1.165) is 6.42 Å². The van der Waals surface area contributed by atoms with Gasteiger partial charge in [-0.15, -0.1) is 0 Å². The Labute approximate surface area is 111 Å². The normalized spacial score (nSPS) is 14.4. The second-order valence-electron chi connectivity index (χ2n) is 4.23. The minimum absolute atomic E-state index is 0.276. The molecule has 0 heterocycles. The fraction of sp³-hybridized carbons (Fsp3) is 0.538. The fourth-order valence-electron chi connectivity index (χ4n) is 1.71. The third-order valence-corrected chi connectivity index (χ3v) is 2.96. The lowest BCUT2D eigenvalue weighted by atomic mass is 10.1. The highest BCUT2D eigenvalue weighted by Crippen LogP contribution is 2.20. The van der Waals surface area contributed by atoms with E-state index < -0.39 is 0 Å². The first-order valence-corrected chi connectivity index (χ1v) is 6.65. The maximum absolute atomic E-state index is 13.8. The number of hydrogen-bond acceptors (Lipinski definition) is 2. The maximum atomic E-state index is 13.8. The third-order valence-electron chi connectivity index (χ3n) is 2.58. The minimum atomic E-state index is -0.276. The molecule has 2 atom stereocenters. The van der Waals surface area contributed by atoms with Crippen LogP contribution in [0.15, 0.2) is 18.2 Å². The van der Waals surface area contributed by atoms with Gasteiger partial charge in [0.15, 0.2) is 11.6 Å². The van der Waals surface area contributed by atoms with Crippen molar-refractivity contribution in [2.75, 3.05) is 7.11 Å². The Hall–Kier alpha value is -0.610. The molecule has 0 saturated heterocycles. The number of methoxy groups -OCH3 is 1. The van der Waals surface area contributed by atoms with Crippen LogP contribution in [0.25, 0.3) is 0 Å². The largest absolute Gasteiger partial charge is 0.494 e. The molecular weight excluding hydrogens is 285 g/mol. The van der Waals surface area contributed by atoms with Crippen LogP contribution >= 0.6 is 15.9 Å². The van der Waals surface area contributed by atoms with Crippen LogP contribution in [0.5, 0.6) is 5.75 Å². The van der Waals surface area contributed by atoms with Crippen molar-refractivity contribution in [3.05, 3.63) is 29.6 Å². The Morgan fingerprint density at radius 2 is 2.12 bits per heavy atom. The lowest BCUT2D eigenvalue weighted by Crippen LogP contribution is -2.27. The van der Waals surface area contributed by atoms with Gasteiger partial charge in [0.1, 0.15) is 0 Å². The summed E-state index contributed by atoms with van der Waals surface area (Å²) in [4.78, 5) is 0.458. The summed E-state index contributed by atoms with van der Waals surface area (Å²) in [6, 6.07) is 5.55. The fourth-order valence-corrected chi connectivity index (χ4v) is 2.27. The van der Waals surface area contributed by atoms with E-state index in [9.17, 15) is 4.39 Å². The lowest BCUT2D eigenvalue weighted by Gasteiger charge is -2.16. The van der Waals surface area contributed by atoms with Crippen LogP contribution < -0.4 is 10.1 Å². The van der Waals surface area contributed by atoms with Crippen LogP contribution in [-0.4, -0.2) is 18.0 Å². The van der Waals surface area contributed by atoms with Crippen molar-refractivity contribution >= 4 is 15.9 Å². The van der Waals surface area contributed by atoms with E-state index in [2.05, 4.69) is 35.1 Å². The minimum Gasteiger partial charge on any atom is -0.494 e. The Morgan fingerprint density at radius 1 is 1.41 bits per heavy atom. The van der Waals surface area contributed by atoms with E-state index in [0.29, 0.717) is 28.7 Å². The van der Waals surface area contributed by atoms with Crippen LogP contribution in [0.3, 0.4) is 0 Å². The van der Waals surface area contributed by atoms with Crippen LogP contribution in [-0.2, 0) is 6.54 Å². The second kappa shape index (κ2) is 6.97. The first-order chi connectivity index (χ1) is 8.04. The standard InChI is InChI=1S/C13H19BrFNO/c1-9(14)7-10(2)16-8-11-5-4-6-12(17-3)13(11)15/h4-6,9-10,16H,7-8H2,1-3H3. The predicted molar refractivity (Wildman–Crippen MR) is 72.3 cm³/mol. The molecule has 96 valence electrons. The van der Waals surface area contributed by atoms with Gasteiger partial charge in [-0.1, -0.05) is 35.0 Å². The molecule has 0 saturated carbocycles. The lowest BCUT2D eigenvalue weighted by molar-refractivity contribution is 0.382. The number of hydrogen-bond donors (Lipinski definition) is 1. The summed E-state index contributed by atoms with van der Waals surface area (Å²) in [7, 11) is 1.48. The summed E-state index contributed by atoms with van der Waals surface area (Å²) in [5, 5.41) is 3.30. The van der Waals surface area contributed by atoms with Crippen molar-refractivity contribution in [3.8, 4) is 5.75 Å². The second-order valence-corrected chi connectivity index (χ2v) is 5.79. The van der Waals surface area contributed by atoms with Crippen LogP contribution in [0.2, 0.25) is 0 Å². The molecule has 0 spiro atoms. The Morgan fingerprint density at radius 3 is 2.71 bits per heavy atom. The molecule has 4 heteroatoms. The van der Waals surface area contributed by atoms with Gasteiger partial charge in [-0.3, -0.25) is 0 Å². The van der Waals surface area contributed by atoms with Gasteiger partial charge in [0, 0.05) is 23.0 Å². The van der Waals surface area contributed by atoms with E-state index in [1.165, 1.54) is 7.11 Å². The van der Waals surface area contributed by atoms with Crippen molar-refractivity contribution in [1.29, 1.82) is 0 Å². The zero-order valence-corrected chi connectivity index (χ0v) is 12.1. The molecule has 1 rings (SSSR count). The molecule has 1 aromatic rings. The zero-order chi connectivity index (χ0) is 12.8. The van der Waals surface area contributed by atoms with Gasteiger partial charge in [-0.2, -0.15) is 0 Å². The summed E-state index contributed by atoms with van der Waals surface area (Å²) < 4.78 is 18.8.